The Hall–Kier alpha value is -2.75. The van der Waals surface area contributed by atoms with Crippen LogP contribution < -0.4 is 0 Å². The predicted molar refractivity (Wildman–Crippen MR) is 84.0 cm³/mol. The SMILES string of the molecule is CC(=O)c1c(-c2ccc(F)cc2)c(-c2ccncc2)cn1C. The number of hydrogen-bond acceptors (Lipinski definition) is 2. The Balaban J connectivity index is 2.30. The molecule has 4 heteroatoms. The van der Waals surface area contributed by atoms with Crippen LogP contribution >= 0.6 is 0 Å². The maximum absolute atomic E-state index is 13.2. The van der Waals surface area contributed by atoms with Gasteiger partial charge in [-0.1, -0.05) is 12.1 Å². The summed E-state index contributed by atoms with van der Waals surface area (Å²) in [6.45, 7) is 1.54. The lowest BCUT2D eigenvalue weighted by Crippen LogP contribution is -2.02. The van der Waals surface area contributed by atoms with E-state index in [-0.39, 0.29) is 11.6 Å². The predicted octanol–water partition coefficient (Wildman–Crippen LogP) is 4.10. The van der Waals surface area contributed by atoms with Crippen LogP contribution in [0.2, 0.25) is 0 Å². The molecule has 0 bridgehead atoms. The van der Waals surface area contributed by atoms with Crippen molar-refractivity contribution in [3.63, 3.8) is 0 Å². The van der Waals surface area contributed by atoms with E-state index in [4.69, 9.17) is 0 Å². The standard InChI is InChI=1S/C18H15FN2O/c1-12(22)18-17(14-3-5-15(19)6-4-14)16(11-21(18)2)13-7-9-20-10-8-13/h3-11H,1-2H3. The highest BCUT2D eigenvalue weighted by molar-refractivity contribution is 6.04. The number of halogens is 1. The fourth-order valence-electron chi connectivity index (χ4n) is 2.71. The third-order valence-corrected chi connectivity index (χ3v) is 3.64. The third kappa shape index (κ3) is 2.44. The van der Waals surface area contributed by atoms with Crippen molar-refractivity contribution in [1.82, 2.24) is 9.55 Å². The number of pyridine rings is 1. The number of Topliss-reactive ketones (excluding diaryl/α,β-unsaturated/α-hetero) is 1. The minimum absolute atomic E-state index is 0.0258. The van der Waals surface area contributed by atoms with Crippen molar-refractivity contribution >= 4 is 5.78 Å². The van der Waals surface area contributed by atoms with Crippen molar-refractivity contribution in [3.05, 3.63) is 66.5 Å². The number of benzene rings is 1. The van der Waals surface area contributed by atoms with Gasteiger partial charge >= 0.3 is 0 Å². The Bertz CT molecular complexity index is 820. The van der Waals surface area contributed by atoms with Crippen LogP contribution in [-0.2, 0) is 7.05 Å². The number of aryl methyl sites for hydroxylation is 1. The molecule has 2 heterocycles. The Morgan fingerprint density at radius 3 is 2.27 bits per heavy atom. The molecule has 3 aromatic rings. The molecule has 0 aliphatic rings. The normalized spacial score (nSPS) is 10.7. The molecule has 0 saturated carbocycles. The first-order valence-corrected chi connectivity index (χ1v) is 6.94. The highest BCUT2D eigenvalue weighted by Crippen LogP contribution is 2.36. The van der Waals surface area contributed by atoms with Crippen LogP contribution in [-0.4, -0.2) is 15.3 Å². The summed E-state index contributed by atoms with van der Waals surface area (Å²) >= 11 is 0. The largest absolute Gasteiger partial charge is 0.347 e. The molecule has 2 aromatic heterocycles. The van der Waals surface area contributed by atoms with Gasteiger partial charge in [0.1, 0.15) is 5.82 Å². The van der Waals surface area contributed by atoms with Gasteiger partial charge in [0, 0.05) is 43.7 Å². The average Bonchev–Trinajstić information content (AvgIpc) is 2.86. The number of carbonyl (C=O) groups is 1. The minimum Gasteiger partial charge on any atom is -0.347 e. The molecule has 3 nitrogen and oxygen atoms in total. The highest BCUT2D eigenvalue weighted by Gasteiger charge is 2.20. The molecule has 0 aliphatic heterocycles. The molecule has 22 heavy (non-hydrogen) atoms. The van der Waals surface area contributed by atoms with Gasteiger partial charge in [-0.05, 0) is 35.4 Å². The van der Waals surface area contributed by atoms with E-state index in [9.17, 15) is 9.18 Å². The summed E-state index contributed by atoms with van der Waals surface area (Å²) in [5.41, 5.74) is 4.15. The maximum atomic E-state index is 13.2. The molecule has 3 rings (SSSR count). The zero-order chi connectivity index (χ0) is 15.7. The van der Waals surface area contributed by atoms with Gasteiger partial charge in [0.25, 0.3) is 0 Å². The highest BCUT2D eigenvalue weighted by atomic mass is 19.1. The van der Waals surface area contributed by atoms with Crippen LogP contribution in [0, 0.1) is 5.82 Å². The molecule has 0 spiro atoms. The zero-order valence-corrected chi connectivity index (χ0v) is 12.4. The van der Waals surface area contributed by atoms with E-state index in [0.717, 1.165) is 22.3 Å². The van der Waals surface area contributed by atoms with Gasteiger partial charge in [0.05, 0.1) is 5.69 Å². The summed E-state index contributed by atoms with van der Waals surface area (Å²) in [6.07, 6.45) is 5.35. The Morgan fingerprint density at radius 1 is 1.05 bits per heavy atom. The summed E-state index contributed by atoms with van der Waals surface area (Å²) in [7, 11) is 1.84. The number of rotatable bonds is 3. The van der Waals surface area contributed by atoms with Gasteiger partial charge < -0.3 is 4.57 Å². The molecular formula is C18H15FN2O. The molecule has 0 amide bonds. The molecule has 0 aliphatic carbocycles. The van der Waals surface area contributed by atoms with Crippen LogP contribution in [0.5, 0.6) is 0 Å². The van der Waals surface area contributed by atoms with E-state index >= 15 is 0 Å². The Morgan fingerprint density at radius 2 is 1.68 bits per heavy atom. The zero-order valence-electron chi connectivity index (χ0n) is 12.4. The lowest BCUT2D eigenvalue weighted by molar-refractivity contribution is 0.101. The van der Waals surface area contributed by atoms with Crippen molar-refractivity contribution in [2.75, 3.05) is 0 Å². The van der Waals surface area contributed by atoms with Gasteiger partial charge in [0.2, 0.25) is 0 Å². The molecule has 0 atom stereocenters. The molecule has 0 fully saturated rings. The van der Waals surface area contributed by atoms with Crippen molar-refractivity contribution < 1.29 is 9.18 Å². The average molecular weight is 294 g/mol. The number of ketones is 1. The molecule has 0 unspecified atom stereocenters. The first-order chi connectivity index (χ1) is 10.6. The molecule has 0 N–H and O–H groups in total. The maximum Gasteiger partial charge on any atom is 0.176 e. The summed E-state index contributed by atoms with van der Waals surface area (Å²) in [6, 6.07) is 9.99. The molecular weight excluding hydrogens is 279 g/mol. The van der Waals surface area contributed by atoms with Crippen molar-refractivity contribution in [1.29, 1.82) is 0 Å². The van der Waals surface area contributed by atoms with E-state index in [1.807, 2.05) is 29.9 Å². The summed E-state index contributed by atoms with van der Waals surface area (Å²) in [5, 5.41) is 0. The van der Waals surface area contributed by atoms with E-state index in [0.29, 0.717) is 5.69 Å². The molecule has 1 aromatic carbocycles. The van der Waals surface area contributed by atoms with E-state index in [1.54, 1.807) is 31.5 Å². The molecule has 0 radical (unpaired) electrons. The van der Waals surface area contributed by atoms with Gasteiger partial charge in [-0.25, -0.2) is 4.39 Å². The van der Waals surface area contributed by atoms with Crippen LogP contribution in [0.4, 0.5) is 4.39 Å². The fourth-order valence-corrected chi connectivity index (χ4v) is 2.71. The van der Waals surface area contributed by atoms with Gasteiger partial charge in [0.15, 0.2) is 5.78 Å². The van der Waals surface area contributed by atoms with Gasteiger partial charge in [-0.15, -0.1) is 0 Å². The van der Waals surface area contributed by atoms with Crippen molar-refractivity contribution in [3.8, 4) is 22.3 Å². The first kappa shape index (κ1) is 14.2. The monoisotopic (exact) mass is 294 g/mol. The third-order valence-electron chi connectivity index (χ3n) is 3.64. The van der Waals surface area contributed by atoms with Crippen molar-refractivity contribution in [2.24, 2.45) is 7.05 Å². The molecule has 0 saturated heterocycles. The lowest BCUT2D eigenvalue weighted by Gasteiger charge is -2.07. The van der Waals surface area contributed by atoms with Crippen LogP contribution in [0.15, 0.2) is 55.0 Å². The smallest absolute Gasteiger partial charge is 0.176 e. The Labute approximate surface area is 128 Å². The van der Waals surface area contributed by atoms with E-state index < -0.39 is 0 Å². The second-order valence-electron chi connectivity index (χ2n) is 5.18. The summed E-state index contributed by atoms with van der Waals surface area (Å²) in [4.78, 5) is 16.1. The number of aromatic nitrogens is 2. The molecule has 110 valence electrons. The second kappa shape index (κ2) is 5.56. The topological polar surface area (TPSA) is 34.9 Å². The first-order valence-electron chi connectivity index (χ1n) is 6.94. The minimum atomic E-state index is -0.297. The van der Waals surface area contributed by atoms with E-state index in [2.05, 4.69) is 4.98 Å². The van der Waals surface area contributed by atoms with Gasteiger partial charge in [-0.3, -0.25) is 9.78 Å². The fraction of sp³-hybridized carbons (Fsp3) is 0.111. The second-order valence-corrected chi connectivity index (χ2v) is 5.18. The van der Waals surface area contributed by atoms with Crippen molar-refractivity contribution in [2.45, 2.75) is 6.92 Å². The lowest BCUT2D eigenvalue weighted by atomic mass is 9.96. The van der Waals surface area contributed by atoms with E-state index in [1.165, 1.54) is 12.1 Å². The summed E-state index contributed by atoms with van der Waals surface area (Å²) < 4.78 is 15.0. The summed E-state index contributed by atoms with van der Waals surface area (Å²) in [5.74, 6) is -0.323. The number of carbonyl (C=O) groups excluding carboxylic acids is 1. The Kier molecular flexibility index (Phi) is 3.59. The van der Waals surface area contributed by atoms with Crippen LogP contribution in [0.3, 0.4) is 0 Å². The number of hydrogen-bond donors (Lipinski definition) is 0. The quantitative estimate of drug-likeness (QED) is 0.682. The number of nitrogens with zero attached hydrogens (tertiary/aromatic N) is 2. The van der Waals surface area contributed by atoms with Gasteiger partial charge in [-0.2, -0.15) is 0 Å². The van der Waals surface area contributed by atoms with Crippen LogP contribution in [0.25, 0.3) is 22.3 Å². The van der Waals surface area contributed by atoms with Crippen LogP contribution in [0.1, 0.15) is 17.4 Å².